The molecule has 0 bridgehead atoms. The fraction of sp³-hybridized carbons (Fsp3) is 0.286. The van der Waals surface area contributed by atoms with Crippen LogP contribution in [0.4, 0.5) is 0 Å². The second-order valence-corrected chi connectivity index (χ2v) is 4.43. The minimum absolute atomic E-state index is 0.645. The highest BCUT2D eigenvalue weighted by Crippen LogP contribution is 2.30. The van der Waals surface area contributed by atoms with E-state index in [4.69, 9.17) is 17.0 Å². The average Bonchev–Trinajstić information content (AvgIpc) is 2.41. The van der Waals surface area contributed by atoms with Gasteiger partial charge in [0.05, 0.1) is 12.8 Å². The van der Waals surface area contributed by atoms with Gasteiger partial charge in [-0.15, -0.1) is 0 Å². The molecule has 0 saturated carbocycles. The molecule has 0 fully saturated rings. The Kier molecular flexibility index (Phi) is 3.77. The Labute approximate surface area is 112 Å². The van der Waals surface area contributed by atoms with Crippen molar-refractivity contribution in [3.63, 3.8) is 0 Å². The number of methoxy groups -OCH3 is 1. The van der Waals surface area contributed by atoms with Crippen molar-refractivity contribution in [2.45, 2.75) is 20.3 Å². The van der Waals surface area contributed by atoms with Gasteiger partial charge in [0.1, 0.15) is 16.2 Å². The van der Waals surface area contributed by atoms with Gasteiger partial charge in [0.15, 0.2) is 0 Å². The standard InChI is InChI=1S/C14H16N2OS/c1-4-12-15-13(9(2)14(18)16-12)10-7-5-6-8-11(10)17-3/h5-8H,4H2,1-3H3,(H,15,16,18). The molecule has 0 amide bonds. The van der Waals surface area contributed by atoms with E-state index in [2.05, 4.69) is 16.9 Å². The van der Waals surface area contributed by atoms with Crippen LogP contribution in [0.25, 0.3) is 11.3 Å². The number of nitrogens with zero attached hydrogens (tertiary/aromatic N) is 1. The van der Waals surface area contributed by atoms with E-state index in [1.165, 1.54) is 0 Å². The zero-order valence-electron chi connectivity index (χ0n) is 10.8. The van der Waals surface area contributed by atoms with E-state index in [1.807, 2.05) is 31.2 Å². The summed E-state index contributed by atoms with van der Waals surface area (Å²) in [5, 5.41) is 0. The van der Waals surface area contributed by atoms with Crippen molar-refractivity contribution in [2.24, 2.45) is 0 Å². The Morgan fingerprint density at radius 2 is 2.06 bits per heavy atom. The highest BCUT2D eigenvalue weighted by molar-refractivity contribution is 7.71. The third-order valence-corrected chi connectivity index (χ3v) is 3.31. The summed E-state index contributed by atoms with van der Waals surface area (Å²) in [7, 11) is 1.67. The molecule has 0 aliphatic rings. The number of benzene rings is 1. The molecule has 3 nitrogen and oxygen atoms in total. The van der Waals surface area contributed by atoms with Crippen molar-refractivity contribution in [1.82, 2.24) is 9.97 Å². The van der Waals surface area contributed by atoms with Crippen LogP contribution < -0.4 is 4.74 Å². The zero-order chi connectivity index (χ0) is 13.1. The van der Waals surface area contributed by atoms with Crippen LogP contribution in [0, 0.1) is 11.6 Å². The van der Waals surface area contributed by atoms with Gasteiger partial charge in [-0.05, 0) is 19.1 Å². The van der Waals surface area contributed by atoms with Crippen molar-refractivity contribution in [1.29, 1.82) is 0 Å². The number of nitrogens with one attached hydrogen (secondary N) is 1. The molecule has 1 N–H and O–H groups in total. The Bertz CT molecular complexity index is 619. The fourth-order valence-electron chi connectivity index (χ4n) is 1.87. The van der Waals surface area contributed by atoms with Crippen LogP contribution in [0.2, 0.25) is 0 Å². The number of hydrogen-bond donors (Lipinski definition) is 1. The van der Waals surface area contributed by atoms with Gasteiger partial charge in [0, 0.05) is 17.5 Å². The number of para-hydroxylation sites is 1. The molecule has 1 aromatic heterocycles. The third-order valence-electron chi connectivity index (χ3n) is 2.91. The number of H-pyrrole nitrogens is 1. The van der Waals surface area contributed by atoms with Gasteiger partial charge in [0.25, 0.3) is 0 Å². The first-order valence-corrected chi connectivity index (χ1v) is 6.31. The molecule has 2 rings (SSSR count). The van der Waals surface area contributed by atoms with Gasteiger partial charge in [-0.25, -0.2) is 4.98 Å². The highest BCUT2D eigenvalue weighted by atomic mass is 32.1. The Morgan fingerprint density at radius 1 is 1.33 bits per heavy atom. The number of ether oxygens (including phenoxy) is 1. The van der Waals surface area contributed by atoms with Crippen molar-refractivity contribution in [3.05, 3.63) is 40.3 Å². The van der Waals surface area contributed by atoms with Gasteiger partial charge >= 0.3 is 0 Å². The lowest BCUT2D eigenvalue weighted by atomic mass is 10.1. The van der Waals surface area contributed by atoms with Crippen molar-refractivity contribution >= 4 is 12.2 Å². The van der Waals surface area contributed by atoms with Crippen LogP contribution in [0.5, 0.6) is 5.75 Å². The molecule has 94 valence electrons. The predicted octanol–water partition coefficient (Wildman–Crippen LogP) is 3.69. The number of hydrogen-bond acceptors (Lipinski definition) is 3. The normalized spacial score (nSPS) is 10.4. The van der Waals surface area contributed by atoms with Gasteiger partial charge in [0.2, 0.25) is 0 Å². The fourth-order valence-corrected chi connectivity index (χ4v) is 2.08. The average molecular weight is 260 g/mol. The first-order valence-electron chi connectivity index (χ1n) is 5.90. The van der Waals surface area contributed by atoms with Gasteiger partial charge in [-0.2, -0.15) is 0 Å². The Morgan fingerprint density at radius 3 is 2.72 bits per heavy atom. The molecular formula is C14H16N2OS. The van der Waals surface area contributed by atoms with E-state index in [-0.39, 0.29) is 0 Å². The second-order valence-electron chi connectivity index (χ2n) is 4.04. The lowest BCUT2D eigenvalue weighted by Gasteiger charge is -2.12. The molecule has 1 aromatic carbocycles. The van der Waals surface area contributed by atoms with Crippen molar-refractivity contribution in [2.75, 3.05) is 7.11 Å². The summed E-state index contributed by atoms with van der Waals surface area (Å²) in [4.78, 5) is 7.69. The maximum Gasteiger partial charge on any atom is 0.133 e. The van der Waals surface area contributed by atoms with Crippen molar-refractivity contribution in [3.8, 4) is 17.0 Å². The van der Waals surface area contributed by atoms with E-state index < -0.39 is 0 Å². The van der Waals surface area contributed by atoms with Crippen molar-refractivity contribution < 1.29 is 4.74 Å². The van der Waals surface area contributed by atoms with Crippen LogP contribution in [0.3, 0.4) is 0 Å². The summed E-state index contributed by atoms with van der Waals surface area (Å²) in [6.45, 7) is 4.03. The third kappa shape index (κ3) is 2.29. The zero-order valence-corrected chi connectivity index (χ0v) is 11.6. The quantitative estimate of drug-likeness (QED) is 0.855. The first-order chi connectivity index (χ1) is 8.67. The SMILES string of the molecule is CCc1nc(=S)c(C)c(-c2ccccc2OC)[nH]1. The van der Waals surface area contributed by atoms with E-state index in [0.717, 1.165) is 34.8 Å². The Hall–Kier alpha value is -1.68. The molecule has 1 heterocycles. The molecule has 0 saturated heterocycles. The molecule has 0 aliphatic carbocycles. The maximum atomic E-state index is 5.39. The molecular weight excluding hydrogens is 244 g/mol. The minimum Gasteiger partial charge on any atom is -0.496 e. The topological polar surface area (TPSA) is 37.9 Å². The summed E-state index contributed by atoms with van der Waals surface area (Å²) in [6.07, 6.45) is 0.825. The van der Waals surface area contributed by atoms with Crippen LogP contribution in [0.1, 0.15) is 18.3 Å². The number of aromatic amines is 1. The second kappa shape index (κ2) is 5.31. The smallest absolute Gasteiger partial charge is 0.133 e. The van der Waals surface area contributed by atoms with Gasteiger partial charge in [-0.1, -0.05) is 31.3 Å². The molecule has 0 aliphatic heterocycles. The summed E-state index contributed by atoms with van der Waals surface area (Å²) < 4.78 is 6.04. The maximum absolute atomic E-state index is 5.39. The van der Waals surface area contributed by atoms with Crippen LogP contribution in [-0.4, -0.2) is 17.1 Å². The first kappa shape index (κ1) is 12.8. The predicted molar refractivity (Wildman–Crippen MR) is 75.5 cm³/mol. The largest absolute Gasteiger partial charge is 0.496 e. The molecule has 0 radical (unpaired) electrons. The van der Waals surface area contributed by atoms with Gasteiger partial charge < -0.3 is 9.72 Å². The number of aryl methyl sites for hydroxylation is 1. The lowest BCUT2D eigenvalue weighted by molar-refractivity contribution is 0.416. The molecule has 18 heavy (non-hydrogen) atoms. The van der Waals surface area contributed by atoms with Crippen LogP contribution in [-0.2, 0) is 6.42 Å². The van der Waals surface area contributed by atoms with Crippen LogP contribution in [0.15, 0.2) is 24.3 Å². The number of rotatable bonds is 3. The summed E-state index contributed by atoms with van der Waals surface area (Å²) in [5.74, 6) is 1.73. The summed E-state index contributed by atoms with van der Waals surface area (Å²) in [6, 6.07) is 7.90. The monoisotopic (exact) mass is 260 g/mol. The van der Waals surface area contributed by atoms with Crippen LogP contribution >= 0.6 is 12.2 Å². The van der Waals surface area contributed by atoms with Gasteiger partial charge in [-0.3, -0.25) is 0 Å². The summed E-state index contributed by atoms with van der Waals surface area (Å²) in [5.41, 5.74) is 2.98. The highest BCUT2D eigenvalue weighted by Gasteiger charge is 2.10. The summed E-state index contributed by atoms with van der Waals surface area (Å²) >= 11 is 5.30. The Balaban J connectivity index is 2.70. The molecule has 0 spiro atoms. The van der Waals surface area contributed by atoms with E-state index in [1.54, 1.807) is 7.11 Å². The molecule has 0 atom stereocenters. The molecule has 2 aromatic rings. The minimum atomic E-state index is 0.645. The number of aromatic nitrogens is 2. The van der Waals surface area contributed by atoms with E-state index >= 15 is 0 Å². The lowest BCUT2D eigenvalue weighted by Crippen LogP contribution is -2.00. The molecule has 0 unspecified atom stereocenters. The van der Waals surface area contributed by atoms with E-state index in [9.17, 15) is 0 Å². The van der Waals surface area contributed by atoms with E-state index in [0.29, 0.717) is 4.64 Å². The molecule has 4 heteroatoms.